The second-order valence-electron chi connectivity index (χ2n) is 10.9. The van der Waals surface area contributed by atoms with Crippen molar-refractivity contribution in [1.82, 2.24) is 0 Å². The Morgan fingerprint density at radius 3 is 1.62 bits per heavy atom. The number of hydrogen-bond acceptors (Lipinski definition) is 10. The number of ether oxygens (including phenoxy) is 3. The number of carbonyl (C=O) groups is 2. The molecule has 0 saturated heterocycles. The van der Waals surface area contributed by atoms with E-state index in [-0.39, 0.29) is 91.4 Å². The van der Waals surface area contributed by atoms with Crippen LogP contribution in [-0.4, -0.2) is 37.1 Å². The Labute approximate surface area is 238 Å². The van der Waals surface area contributed by atoms with Gasteiger partial charge in [0.15, 0.2) is 11.6 Å². The molecule has 212 valence electrons. The standard InChI is InChI=1S/C32H24O10/c1-13(33)15-4-9-20-25(29(15)38)24-18(36)8-11-22-28(24)31(3,40-20)12-32(42-22)27-19(37)7-6-17(35)23(27)26-21(41-32)10-5-16(14(2)34)30(26)39/h4-11,35-39H,12H2,1-3H3/t31-,32?/m1/s1. The molecule has 3 aliphatic rings. The second kappa shape index (κ2) is 8.10. The number of fused-ring (bicyclic) bond motifs is 6. The van der Waals surface area contributed by atoms with Gasteiger partial charge < -0.3 is 39.7 Å². The quantitative estimate of drug-likeness (QED) is 0.152. The van der Waals surface area contributed by atoms with Gasteiger partial charge in [0.1, 0.15) is 51.6 Å². The van der Waals surface area contributed by atoms with E-state index >= 15 is 0 Å². The van der Waals surface area contributed by atoms with Crippen LogP contribution in [0.15, 0.2) is 48.5 Å². The molecule has 0 aromatic heterocycles. The Hall–Kier alpha value is -5.38. The summed E-state index contributed by atoms with van der Waals surface area (Å²) in [6.07, 6.45) is -0.142. The summed E-state index contributed by atoms with van der Waals surface area (Å²) in [6, 6.07) is 11.2. The molecular formula is C32H24O10. The summed E-state index contributed by atoms with van der Waals surface area (Å²) in [5.74, 6) is -3.74. The molecule has 1 unspecified atom stereocenters. The summed E-state index contributed by atoms with van der Waals surface area (Å²) < 4.78 is 19.5. The summed E-state index contributed by atoms with van der Waals surface area (Å²) in [5, 5.41) is 55.5. The van der Waals surface area contributed by atoms with Gasteiger partial charge in [0, 0.05) is 16.7 Å². The minimum absolute atomic E-state index is 0.000869. The highest BCUT2D eigenvalue weighted by Crippen LogP contribution is 2.65. The maximum absolute atomic E-state index is 12.2. The first-order valence-corrected chi connectivity index (χ1v) is 13.1. The largest absolute Gasteiger partial charge is 0.507 e. The van der Waals surface area contributed by atoms with Crippen LogP contribution in [-0.2, 0) is 11.4 Å². The fourth-order valence-corrected chi connectivity index (χ4v) is 6.52. The first-order chi connectivity index (χ1) is 19.9. The Balaban J connectivity index is 1.51. The zero-order valence-electron chi connectivity index (χ0n) is 22.6. The van der Waals surface area contributed by atoms with E-state index in [9.17, 15) is 35.1 Å². The molecule has 0 aliphatic carbocycles. The van der Waals surface area contributed by atoms with E-state index in [0.717, 1.165) is 0 Å². The predicted molar refractivity (Wildman–Crippen MR) is 148 cm³/mol. The van der Waals surface area contributed by atoms with Crippen molar-refractivity contribution < 1.29 is 49.3 Å². The average Bonchev–Trinajstić information content (AvgIpc) is 2.91. The third-order valence-electron chi connectivity index (χ3n) is 8.21. The molecule has 42 heavy (non-hydrogen) atoms. The number of ketones is 2. The van der Waals surface area contributed by atoms with Crippen LogP contribution in [0.25, 0.3) is 22.3 Å². The fraction of sp³-hybridized carbons (Fsp3) is 0.188. The van der Waals surface area contributed by atoms with Crippen LogP contribution in [0.4, 0.5) is 0 Å². The van der Waals surface area contributed by atoms with Gasteiger partial charge in [-0.15, -0.1) is 0 Å². The Morgan fingerprint density at radius 1 is 0.595 bits per heavy atom. The van der Waals surface area contributed by atoms with Crippen LogP contribution >= 0.6 is 0 Å². The SMILES string of the molecule is CC(=O)c1ccc2c(c1O)-c1c(O)ccc(O)c1C1(C[C@@]3(C)Oc4ccc(C(C)=O)c(O)c4-c4c(O)ccc(c43)O1)O2. The molecule has 4 aromatic rings. The molecule has 2 atom stereocenters. The number of benzene rings is 4. The summed E-state index contributed by atoms with van der Waals surface area (Å²) in [7, 11) is 0. The van der Waals surface area contributed by atoms with Crippen LogP contribution in [0, 0.1) is 0 Å². The molecule has 10 nitrogen and oxygen atoms in total. The van der Waals surface area contributed by atoms with Gasteiger partial charge in [0.05, 0.1) is 34.2 Å². The Bertz CT molecular complexity index is 1930. The number of rotatable bonds is 2. The van der Waals surface area contributed by atoms with Gasteiger partial charge in [-0.05, 0) is 69.3 Å². The minimum atomic E-state index is -1.83. The lowest BCUT2D eigenvalue weighted by atomic mass is 9.74. The first kappa shape index (κ1) is 25.6. The molecule has 0 saturated carbocycles. The summed E-state index contributed by atoms with van der Waals surface area (Å²) in [5.41, 5.74) is -0.509. The van der Waals surface area contributed by atoms with E-state index in [1.165, 1.54) is 62.4 Å². The maximum Gasteiger partial charge on any atom is 0.286 e. The first-order valence-electron chi connectivity index (χ1n) is 13.1. The molecule has 5 N–H and O–H groups in total. The van der Waals surface area contributed by atoms with E-state index in [2.05, 4.69) is 0 Å². The van der Waals surface area contributed by atoms with E-state index < -0.39 is 22.9 Å². The summed E-state index contributed by atoms with van der Waals surface area (Å²) in [4.78, 5) is 24.4. The second-order valence-corrected chi connectivity index (χ2v) is 10.9. The molecule has 10 heteroatoms. The van der Waals surface area contributed by atoms with Crippen molar-refractivity contribution in [2.75, 3.05) is 0 Å². The van der Waals surface area contributed by atoms with E-state index in [0.29, 0.717) is 5.56 Å². The van der Waals surface area contributed by atoms with Crippen LogP contribution in [0.2, 0.25) is 0 Å². The van der Waals surface area contributed by atoms with Crippen LogP contribution in [0.1, 0.15) is 59.0 Å². The van der Waals surface area contributed by atoms with Crippen molar-refractivity contribution in [2.45, 2.75) is 38.6 Å². The number of hydrogen-bond donors (Lipinski definition) is 5. The van der Waals surface area contributed by atoms with Gasteiger partial charge in [0.2, 0.25) is 0 Å². The normalized spacial score (nSPS) is 20.6. The van der Waals surface area contributed by atoms with Gasteiger partial charge in [-0.2, -0.15) is 0 Å². The molecule has 0 radical (unpaired) electrons. The molecule has 0 fully saturated rings. The highest BCUT2D eigenvalue weighted by molar-refractivity contribution is 6.02. The van der Waals surface area contributed by atoms with Crippen molar-refractivity contribution >= 4 is 11.6 Å². The molecule has 3 aliphatic heterocycles. The number of carbonyl (C=O) groups excluding carboxylic acids is 2. The molecule has 0 amide bonds. The molecule has 0 bridgehead atoms. The zero-order chi connectivity index (χ0) is 29.9. The molecule has 4 aromatic carbocycles. The lowest BCUT2D eigenvalue weighted by Crippen LogP contribution is -2.53. The van der Waals surface area contributed by atoms with E-state index in [1.54, 1.807) is 6.92 Å². The van der Waals surface area contributed by atoms with Gasteiger partial charge in [-0.1, -0.05) is 0 Å². The predicted octanol–water partition coefficient (Wildman–Crippen LogP) is 5.59. The number of phenols is 5. The Morgan fingerprint density at radius 2 is 1.05 bits per heavy atom. The Kier molecular flexibility index (Phi) is 4.93. The van der Waals surface area contributed by atoms with E-state index in [1.807, 2.05) is 0 Å². The lowest BCUT2D eigenvalue weighted by Gasteiger charge is -2.50. The van der Waals surface area contributed by atoms with Crippen molar-refractivity contribution in [2.24, 2.45) is 0 Å². The summed E-state index contributed by atoms with van der Waals surface area (Å²) in [6.45, 7) is 4.34. The summed E-state index contributed by atoms with van der Waals surface area (Å²) >= 11 is 0. The van der Waals surface area contributed by atoms with Crippen LogP contribution < -0.4 is 14.2 Å². The van der Waals surface area contributed by atoms with E-state index in [4.69, 9.17) is 14.2 Å². The van der Waals surface area contributed by atoms with Gasteiger partial charge in [-0.3, -0.25) is 9.59 Å². The smallest absolute Gasteiger partial charge is 0.286 e. The fourth-order valence-electron chi connectivity index (χ4n) is 6.52. The monoisotopic (exact) mass is 568 g/mol. The topological polar surface area (TPSA) is 163 Å². The third-order valence-corrected chi connectivity index (χ3v) is 8.21. The molecule has 3 heterocycles. The highest BCUT2D eigenvalue weighted by Gasteiger charge is 2.59. The molecule has 7 rings (SSSR count). The number of Topliss-reactive ketones (excluding diaryl/α,β-unsaturated/α-hetero) is 2. The van der Waals surface area contributed by atoms with Crippen LogP contribution in [0.3, 0.4) is 0 Å². The number of aromatic hydroxyl groups is 5. The van der Waals surface area contributed by atoms with Gasteiger partial charge in [-0.25, -0.2) is 0 Å². The maximum atomic E-state index is 12.2. The molecule has 1 spiro atoms. The van der Waals surface area contributed by atoms with Crippen molar-refractivity contribution in [3.8, 4) is 68.2 Å². The average molecular weight is 569 g/mol. The van der Waals surface area contributed by atoms with Gasteiger partial charge in [0.25, 0.3) is 5.79 Å². The van der Waals surface area contributed by atoms with Crippen molar-refractivity contribution in [3.63, 3.8) is 0 Å². The van der Waals surface area contributed by atoms with Crippen LogP contribution in [0.5, 0.6) is 46.0 Å². The third kappa shape index (κ3) is 3.14. The van der Waals surface area contributed by atoms with Crippen molar-refractivity contribution in [3.05, 3.63) is 70.8 Å². The zero-order valence-corrected chi connectivity index (χ0v) is 22.6. The van der Waals surface area contributed by atoms with Crippen molar-refractivity contribution in [1.29, 1.82) is 0 Å². The van der Waals surface area contributed by atoms with Gasteiger partial charge >= 0.3 is 0 Å². The lowest BCUT2D eigenvalue weighted by molar-refractivity contribution is -0.181. The molecular weight excluding hydrogens is 544 g/mol. The highest BCUT2D eigenvalue weighted by atomic mass is 16.7. The minimum Gasteiger partial charge on any atom is -0.507 e. The number of phenolic OH excluding ortho intramolecular Hbond substituents is 5.